The van der Waals surface area contributed by atoms with Gasteiger partial charge in [-0.3, -0.25) is 0 Å². The molecule has 0 bridgehead atoms. The molecule has 0 unspecified atom stereocenters. The SMILES string of the molecule is O=S(=O)([O-])c1cccc(NNc2cccc(S(=O)(=O)[O-])c2)c1.[Na+].[Na+]. The van der Waals surface area contributed by atoms with E-state index in [0.29, 0.717) is 0 Å². The monoisotopic (exact) mass is 388 g/mol. The van der Waals surface area contributed by atoms with Crippen LogP contribution in [0.15, 0.2) is 58.3 Å². The molecule has 0 atom stereocenters. The zero-order chi connectivity index (χ0) is 16.4. The molecule has 0 aromatic heterocycles. The van der Waals surface area contributed by atoms with E-state index in [4.69, 9.17) is 0 Å². The van der Waals surface area contributed by atoms with E-state index in [2.05, 4.69) is 10.9 Å². The topological polar surface area (TPSA) is 138 Å². The maximum atomic E-state index is 10.9. The second kappa shape index (κ2) is 9.53. The third-order valence-corrected chi connectivity index (χ3v) is 4.26. The zero-order valence-electron chi connectivity index (χ0n) is 12.9. The van der Waals surface area contributed by atoms with Crippen molar-refractivity contribution in [3.05, 3.63) is 48.5 Å². The standard InChI is InChI=1S/C12H12N2O6S2.2Na/c15-21(16,17)11-5-1-3-9(7-11)13-14-10-4-2-6-12(8-10)22(18,19)20;;/h1-8,13-14H,(H,15,16,17)(H,18,19,20);;/q;2*+1/p-2. The minimum Gasteiger partial charge on any atom is -0.744 e. The van der Waals surface area contributed by atoms with E-state index in [-0.39, 0.29) is 70.5 Å². The van der Waals surface area contributed by atoms with Crippen molar-refractivity contribution >= 4 is 31.6 Å². The van der Waals surface area contributed by atoms with Gasteiger partial charge in [0.1, 0.15) is 20.2 Å². The van der Waals surface area contributed by atoms with Gasteiger partial charge in [-0.1, -0.05) is 12.1 Å². The molecule has 0 aliphatic rings. The maximum Gasteiger partial charge on any atom is 1.00 e. The van der Waals surface area contributed by atoms with Crippen molar-refractivity contribution in [2.75, 3.05) is 10.9 Å². The van der Waals surface area contributed by atoms with Gasteiger partial charge in [0, 0.05) is 0 Å². The molecular formula is C12H10N2Na2O6S2. The third-order valence-electron chi connectivity index (χ3n) is 2.60. The first-order valence-electron chi connectivity index (χ1n) is 5.80. The van der Waals surface area contributed by atoms with Gasteiger partial charge in [-0.05, 0) is 36.4 Å². The first-order chi connectivity index (χ1) is 10.2. The van der Waals surface area contributed by atoms with Gasteiger partial charge < -0.3 is 20.0 Å². The van der Waals surface area contributed by atoms with E-state index < -0.39 is 30.0 Å². The number of anilines is 2. The van der Waals surface area contributed by atoms with Crippen molar-refractivity contribution in [3.63, 3.8) is 0 Å². The molecule has 0 amide bonds. The van der Waals surface area contributed by atoms with E-state index in [1.54, 1.807) is 0 Å². The minimum absolute atomic E-state index is 0. The number of rotatable bonds is 5. The van der Waals surface area contributed by atoms with Crippen LogP contribution in [0.5, 0.6) is 0 Å². The van der Waals surface area contributed by atoms with Crippen LogP contribution in [0.3, 0.4) is 0 Å². The predicted octanol–water partition coefficient (Wildman–Crippen LogP) is -5.06. The van der Waals surface area contributed by atoms with Gasteiger partial charge in [0.15, 0.2) is 0 Å². The summed E-state index contributed by atoms with van der Waals surface area (Å²) in [6.45, 7) is 0. The number of hydrazine groups is 1. The molecule has 8 nitrogen and oxygen atoms in total. The van der Waals surface area contributed by atoms with Gasteiger partial charge >= 0.3 is 59.1 Å². The van der Waals surface area contributed by atoms with Crippen molar-refractivity contribution in [1.29, 1.82) is 0 Å². The molecule has 2 N–H and O–H groups in total. The molecule has 0 radical (unpaired) electrons. The molecule has 0 aliphatic carbocycles. The second-order valence-corrected chi connectivity index (χ2v) is 6.97. The summed E-state index contributed by atoms with van der Waals surface area (Å²) >= 11 is 0. The first kappa shape index (κ1) is 23.9. The fourth-order valence-electron chi connectivity index (χ4n) is 1.60. The average molecular weight is 388 g/mol. The fraction of sp³-hybridized carbons (Fsp3) is 0. The minimum atomic E-state index is -4.57. The molecule has 2 rings (SSSR count). The molecule has 24 heavy (non-hydrogen) atoms. The smallest absolute Gasteiger partial charge is 0.744 e. The van der Waals surface area contributed by atoms with Crippen LogP contribution in [-0.4, -0.2) is 25.9 Å². The summed E-state index contributed by atoms with van der Waals surface area (Å²) in [6.07, 6.45) is 0. The Balaban J connectivity index is 0.00000264. The molecule has 0 fully saturated rings. The van der Waals surface area contributed by atoms with E-state index in [0.717, 1.165) is 24.3 Å². The van der Waals surface area contributed by atoms with E-state index in [9.17, 15) is 25.9 Å². The van der Waals surface area contributed by atoms with Crippen molar-refractivity contribution in [1.82, 2.24) is 0 Å². The van der Waals surface area contributed by atoms with Crippen molar-refractivity contribution in [2.45, 2.75) is 9.79 Å². The van der Waals surface area contributed by atoms with E-state index >= 15 is 0 Å². The summed E-state index contributed by atoms with van der Waals surface area (Å²) in [6, 6.07) is 10.3. The Bertz CT molecular complexity index is 828. The Labute approximate surface area is 184 Å². The maximum absolute atomic E-state index is 10.9. The Kier molecular flexibility index (Phi) is 9.47. The molecule has 0 saturated heterocycles. The molecule has 12 heteroatoms. The van der Waals surface area contributed by atoms with Gasteiger partial charge in [-0.25, -0.2) is 16.8 Å². The fourth-order valence-corrected chi connectivity index (χ4v) is 2.64. The van der Waals surface area contributed by atoms with E-state index in [1.165, 1.54) is 24.3 Å². The van der Waals surface area contributed by atoms with Crippen LogP contribution in [0.1, 0.15) is 0 Å². The number of hydrogen-bond donors (Lipinski definition) is 2. The Morgan fingerprint density at radius 2 is 1.00 bits per heavy atom. The van der Waals surface area contributed by atoms with Crippen molar-refractivity contribution in [3.8, 4) is 0 Å². The van der Waals surface area contributed by atoms with Gasteiger partial charge in [-0.15, -0.1) is 0 Å². The molecule has 0 heterocycles. The molecule has 118 valence electrons. The second-order valence-electron chi connectivity index (χ2n) is 4.21. The quantitative estimate of drug-likeness (QED) is 0.295. The van der Waals surface area contributed by atoms with E-state index in [1.807, 2.05) is 0 Å². The van der Waals surface area contributed by atoms with Crippen LogP contribution >= 0.6 is 0 Å². The van der Waals surface area contributed by atoms with Gasteiger partial charge in [0.25, 0.3) is 0 Å². The summed E-state index contributed by atoms with van der Waals surface area (Å²) < 4.78 is 65.5. The normalized spacial score (nSPS) is 10.9. The summed E-state index contributed by atoms with van der Waals surface area (Å²) in [4.78, 5) is -0.814. The molecular weight excluding hydrogens is 378 g/mol. The van der Waals surface area contributed by atoms with Gasteiger partial charge in [-0.2, -0.15) is 0 Å². The Hall–Kier alpha value is -0.140. The molecule has 2 aromatic rings. The largest absolute Gasteiger partial charge is 1.00 e. The average Bonchev–Trinajstić information content (AvgIpc) is 2.44. The van der Waals surface area contributed by atoms with Crippen LogP contribution in [0.25, 0.3) is 0 Å². The third kappa shape index (κ3) is 7.00. The molecule has 0 aliphatic heterocycles. The predicted molar refractivity (Wildman–Crippen MR) is 76.1 cm³/mol. The van der Waals surface area contributed by atoms with Crippen LogP contribution in [0.4, 0.5) is 11.4 Å². The summed E-state index contributed by atoms with van der Waals surface area (Å²) in [7, 11) is -9.15. The summed E-state index contributed by atoms with van der Waals surface area (Å²) in [5, 5.41) is 0. The van der Waals surface area contributed by atoms with Crippen molar-refractivity contribution < 1.29 is 85.1 Å². The van der Waals surface area contributed by atoms with Crippen LogP contribution in [0, 0.1) is 0 Å². The number of nitrogens with one attached hydrogen (secondary N) is 2. The molecule has 0 spiro atoms. The Morgan fingerprint density at radius 1 is 0.667 bits per heavy atom. The van der Waals surface area contributed by atoms with Gasteiger partial charge in [0.2, 0.25) is 0 Å². The first-order valence-corrected chi connectivity index (χ1v) is 8.62. The van der Waals surface area contributed by atoms with Crippen LogP contribution in [-0.2, 0) is 20.2 Å². The number of benzene rings is 2. The van der Waals surface area contributed by atoms with Gasteiger partial charge in [0.05, 0.1) is 21.2 Å². The van der Waals surface area contributed by atoms with Crippen LogP contribution in [0.2, 0.25) is 0 Å². The van der Waals surface area contributed by atoms with Crippen LogP contribution < -0.4 is 70.0 Å². The molecule has 0 saturated carbocycles. The number of hydrogen-bond acceptors (Lipinski definition) is 8. The Morgan fingerprint density at radius 3 is 1.29 bits per heavy atom. The zero-order valence-corrected chi connectivity index (χ0v) is 18.5. The molecule has 2 aromatic carbocycles. The summed E-state index contributed by atoms with van der Waals surface area (Å²) in [5.74, 6) is 0. The van der Waals surface area contributed by atoms with Crippen molar-refractivity contribution in [2.24, 2.45) is 0 Å². The summed E-state index contributed by atoms with van der Waals surface area (Å²) in [5.41, 5.74) is 5.75.